The van der Waals surface area contributed by atoms with Gasteiger partial charge in [0.2, 0.25) is 0 Å². The minimum atomic E-state index is -0.474. The lowest BCUT2D eigenvalue weighted by atomic mass is 10.4. The number of carbonyl (C=O) groups excluding carboxylic acids is 2. The van der Waals surface area contributed by atoms with Crippen molar-refractivity contribution in [3.8, 4) is 0 Å². The molecule has 0 radical (unpaired) electrons. The van der Waals surface area contributed by atoms with Gasteiger partial charge in [0.25, 0.3) is 10.5 Å². The molecule has 2 aromatic heterocycles. The molecule has 0 aliphatic heterocycles. The van der Waals surface area contributed by atoms with Gasteiger partial charge in [0.1, 0.15) is 0 Å². The van der Waals surface area contributed by atoms with E-state index in [1.54, 1.807) is 10.8 Å². The first-order chi connectivity index (χ1) is 8.59. The molecule has 8 heteroatoms. The zero-order chi connectivity index (χ0) is 13.1. The fraction of sp³-hybridized carbons (Fsp3) is 0. The van der Waals surface area contributed by atoms with Gasteiger partial charge >= 0.3 is 0 Å². The van der Waals surface area contributed by atoms with Crippen LogP contribution in [-0.4, -0.2) is 10.5 Å². The van der Waals surface area contributed by atoms with Crippen LogP contribution in [0.5, 0.6) is 0 Å². The normalized spacial score (nSPS) is 10.6. The topological polar surface area (TPSA) is 34.1 Å². The number of thiophene rings is 2. The van der Waals surface area contributed by atoms with Crippen molar-refractivity contribution in [2.75, 3.05) is 0 Å². The molecule has 0 saturated heterocycles. The van der Waals surface area contributed by atoms with Crippen molar-refractivity contribution in [3.05, 3.63) is 32.6 Å². The molecule has 2 nitrogen and oxygen atoms in total. The second-order valence-corrected chi connectivity index (χ2v) is 7.40. The van der Waals surface area contributed by atoms with Crippen molar-refractivity contribution in [2.45, 2.75) is 9.79 Å². The van der Waals surface area contributed by atoms with E-state index in [1.165, 1.54) is 44.3 Å². The molecule has 0 spiro atoms. The van der Waals surface area contributed by atoms with E-state index in [-0.39, 0.29) is 0 Å². The lowest BCUT2D eigenvalue weighted by molar-refractivity contribution is 0.107. The minimum absolute atomic E-state index is 0.474. The van der Waals surface area contributed by atoms with Crippen LogP contribution < -0.4 is 0 Å². The van der Waals surface area contributed by atoms with Gasteiger partial charge in [0, 0.05) is 31.3 Å². The Kier molecular flexibility index (Phi) is 5.17. The summed E-state index contributed by atoms with van der Waals surface area (Å²) in [4.78, 5) is 23.9. The molecule has 0 fully saturated rings. The molecule has 0 N–H and O–H groups in total. The fourth-order valence-electron chi connectivity index (χ4n) is 1.08. The molecule has 0 unspecified atom stereocenters. The highest BCUT2D eigenvalue weighted by Crippen LogP contribution is 2.43. The summed E-state index contributed by atoms with van der Waals surface area (Å²) in [6, 6.07) is 0. The summed E-state index contributed by atoms with van der Waals surface area (Å²) < 4.78 is 0. The number of carbonyl (C=O) groups is 2. The van der Waals surface area contributed by atoms with Gasteiger partial charge in [-0.3, -0.25) is 9.59 Å². The molecule has 0 amide bonds. The summed E-state index contributed by atoms with van der Waals surface area (Å²) >= 11 is 13.8. The standard InChI is InChI=1S/C10H4Cl2O2S4/c11-9(13)5-1-15-3-7(5)17-18-8-4-16-2-6(8)10(12)14/h1-4H. The Balaban J connectivity index is 2.12. The molecule has 0 aliphatic carbocycles. The molecule has 2 heterocycles. The van der Waals surface area contributed by atoms with Gasteiger partial charge in [-0.1, -0.05) is 21.6 Å². The summed E-state index contributed by atoms with van der Waals surface area (Å²) in [5, 5.41) is 6.17. The number of rotatable bonds is 5. The van der Waals surface area contributed by atoms with Crippen LogP contribution in [0.3, 0.4) is 0 Å². The SMILES string of the molecule is O=C(Cl)c1cscc1SSc1cscc1C(=O)Cl. The van der Waals surface area contributed by atoms with E-state index >= 15 is 0 Å². The van der Waals surface area contributed by atoms with Crippen molar-refractivity contribution >= 4 is 77.9 Å². The molecule has 94 valence electrons. The largest absolute Gasteiger partial charge is 0.276 e. The first kappa shape index (κ1) is 14.4. The summed E-state index contributed by atoms with van der Waals surface area (Å²) in [6.07, 6.45) is 0. The summed E-state index contributed by atoms with van der Waals surface area (Å²) in [5.41, 5.74) is 0.987. The lowest BCUT2D eigenvalue weighted by Crippen LogP contribution is -1.87. The van der Waals surface area contributed by atoms with Crippen molar-refractivity contribution in [1.82, 2.24) is 0 Å². The Hall–Kier alpha value is 0.0200. The van der Waals surface area contributed by atoms with Gasteiger partial charge < -0.3 is 0 Å². The van der Waals surface area contributed by atoms with Gasteiger partial charge in [-0.05, 0) is 23.2 Å². The monoisotopic (exact) mass is 354 g/mol. The number of hydrogen-bond donors (Lipinski definition) is 0. The second-order valence-electron chi connectivity index (χ2n) is 3.01. The highest BCUT2D eigenvalue weighted by atomic mass is 35.5. The van der Waals surface area contributed by atoms with Crippen molar-refractivity contribution in [2.24, 2.45) is 0 Å². The van der Waals surface area contributed by atoms with Gasteiger partial charge in [-0.15, -0.1) is 0 Å². The van der Waals surface area contributed by atoms with E-state index < -0.39 is 10.5 Å². The van der Waals surface area contributed by atoms with Crippen molar-refractivity contribution in [3.63, 3.8) is 0 Å². The predicted molar refractivity (Wildman–Crippen MR) is 80.7 cm³/mol. The fourth-order valence-corrected chi connectivity index (χ4v) is 6.25. The Morgan fingerprint density at radius 3 is 1.56 bits per heavy atom. The van der Waals surface area contributed by atoms with Gasteiger partial charge in [0.15, 0.2) is 0 Å². The Bertz CT molecular complexity index is 538. The van der Waals surface area contributed by atoms with E-state index in [1.807, 2.05) is 10.8 Å². The molecule has 0 saturated carbocycles. The van der Waals surface area contributed by atoms with Crippen LogP contribution >= 0.6 is 67.5 Å². The zero-order valence-electron chi connectivity index (χ0n) is 8.51. The van der Waals surface area contributed by atoms with E-state index in [0.29, 0.717) is 11.1 Å². The Morgan fingerprint density at radius 1 is 0.833 bits per heavy atom. The first-order valence-corrected chi connectivity index (χ1v) is 9.25. The van der Waals surface area contributed by atoms with Crippen molar-refractivity contribution < 1.29 is 9.59 Å². The number of hydrogen-bond acceptors (Lipinski definition) is 6. The average molecular weight is 355 g/mol. The van der Waals surface area contributed by atoms with Gasteiger partial charge in [0.05, 0.1) is 11.1 Å². The Morgan fingerprint density at radius 2 is 1.22 bits per heavy atom. The smallest absolute Gasteiger partial charge is 0.254 e. The summed E-state index contributed by atoms with van der Waals surface area (Å²) in [7, 11) is 2.78. The average Bonchev–Trinajstić information content (AvgIpc) is 2.94. The maximum atomic E-state index is 11.1. The molecule has 0 atom stereocenters. The van der Waals surface area contributed by atoms with Crippen molar-refractivity contribution in [1.29, 1.82) is 0 Å². The van der Waals surface area contributed by atoms with Crippen LogP contribution in [0.1, 0.15) is 20.7 Å². The van der Waals surface area contributed by atoms with Crippen LogP contribution in [0.25, 0.3) is 0 Å². The van der Waals surface area contributed by atoms with E-state index in [4.69, 9.17) is 23.2 Å². The third-order valence-electron chi connectivity index (χ3n) is 1.90. The molecule has 0 aromatic carbocycles. The maximum Gasteiger partial charge on any atom is 0.254 e. The van der Waals surface area contributed by atoms with Crippen LogP contribution in [-0.2, 0) is 0 Å². The molecule has 0 bridgehead atoms. The highest BCUT2D eigenvalue weighted by molar-refractivity contribution is 8.76. The van der Waals surface area contributed by atoms with E-state index in [2.05, 4.69) is 0 Å². The molecular weight excluding hydrogens is 351 g/mol. The van der Waals surface area contributed by atoms with Crippen LogP contribution in [0.4, 0.5) is 0 Å². The van der Waals surface area contributed by atoms with E-state index in [9.17, 15) is 9.59 Å². The van der Waals surface area contributed by atoms with Crippen LogP contribution in [0.15, 0.2) is 31.3 Å². The molecule has 0 aliphatic rings. The quantitative estimate of drug-likeness (QED) is 0.534. The summed E-state index contributed by atoms with van der Waals surface area (Å²) in [6.45, 7) is 0. The predicted octanol–water partition coefficient (Wildman–Crippen LogP) is 5.37. The van der Waals surface area contributed by atoms with Gasteiger partial charge in [-0.2, -0.15) is 22.7 Å². The highest BCUT2D eigenvalue weighted by Gasteiger charge is 2.15. The molecule has 2 aromatic rings. The minimum Gasteiger partial charge on any atom is -0.276 e. The van der Waals surface area contributed by atoms with E-state index in [0.717, 1.165) is 9.79 Å². The maximum absolute atomic E-state index is 11.1. The third-order valence-corrected chi connectivity index (χ3v) is 6.54. The molecular formula is C10H4Cl2O2S4. The van der Waals surface area contributed by atoms with Crippen LogP contribution in [0.2, 0.25) is 0 Å². The van der Waals surface area contributed by atoms with Gasteiger partial charge in [-0.25, -0.2) is 0 Å². The molecule has 18 heavy (non-hydrogen) atoms. The first-order valence-electron chi connectivity index (χ1n) is 4.46. The Labute approximate surface area is 129 Å². The summed E-state index contributed by atoms with van der Waals surface area (Å²) in [5.74, 6) is 0. The lowest BCUT2D eigenvalue weighted by Gasteiger charge is -2.00. The van der Waals surface area contributed by atoms with Crippen LogP contribution in [0, 0.1) is 0 Å². The number of halogens is 2. The third kappa shape index (κ3) is 3.31. The zero-order valence-corrected chi connectivity index (χ0v) is 13.3. The second kappa shape index (κ2) is 6.45. The molecule has 2 rings (SSSR count).